The summed E-state index contributed by atoms with van der Waals surface area (Å²) in [6.07, 6.45) is 1.48. The predicted octanol–water partition coefficient (Wildman–Crippen LogP) is 3.85. The molecule has 0 saturated carbocycles. The Balaban J connectivity index is 1.52. The van der Waals surface area contributed by atoms with E-state index in [1.807, 2.05) is 24.3 Å². The van der Waals surface area contributed by atoms with E-state index < -0.39 is 18.0 Å². The molecule has 4 rings (SSSR count). The lowest BCUT2D eigenvalue weighted by Gasteiger charge is -2.27. The Morgan fingerprint density at radius 3 is 2.94 bits per heavy atom. The van der Waals surface area contributed by atoms with Gasteiger partial charge in [0, 0.05) is 23.2 Å². The number of amides is 2. The number of hydrogen-bond donors (Lipinski definition) is 3. The molecule has 33 heavy (non-hydrogen) atoms. The van der Waals surface area contributed by atoms with E-state index in [0.717, 1.165) is 11.4 Å². The number of methoxy groups -OCH3 is 1. The van der Waals surface area contributed by atoms with Crippen LogP contribution in [-0.2, 0) is 9.53 Å². The van der Waals surface area contributed by atoms with Gasteiger partial charge in [0.1, 0.15) is 17.6 Å². The van der Waals surface area contributed by atoms with Crippen LogP contribution in [-0.4, -0.2) is 41.7 Å². The van der Waals surface area contributed by atoms with Crippen molar-refractivity contribution in [3.63, 3.8) is 0 Å². The third-order valence-electron chi connectivity index (χ3n) is 4.54. The molecular formula is C21H21N5O5S2. The first-order valence-electron chi connectivity index (χ1n) is 9.95. The van der Waals surface area contributed by atoms with Crippen LogP contribution in [0.2, 0.25) is 0 Å². The third kappa shape index (κ3) is 5.46. The van der Waals surface area contributed by atoms with Crippen LogP contribution in [0.3, 0.4) is 0 Å². The maximum atomic E-state index is 12.7. The van der Waals surface area contributed by atoms with Gasteiger partial charge in [-0.1, -0.05) is 29.2 Å². The highest BCUT2D eigenvalue weighted by atomic mass is 32.2. The zero-order valence-corrected chi connectivity index (χ0v) is 19.4. The summed E-state index contributed by atoms with van der Waals surface area (Å²) in [4.78, 5) is 25.0. The van der Waals surface area contributed by atoms with Crippen molar-refractivity contribution in [2.45, 2.75) is 17.3 Å². The fourth-order valence-electron chi connectivity index (χ4n) is 3.13. The molecule has 0 bridgehead atoms. The van der Waals surface area contributed by atoms with Crippen LogP contribution in [0.25, 0.3) is 0 Å². The van der Waals surface area contributed by atoms with Gasteiger partial charge in [-0.05, 0) is 31.2 Å². The van der Waals surface area contributed by atoms with Crippen molar-refractivity contribution in [1.82, 2.24) is 20.8 Å². The lowest BCUT2D eigenvalue weighted by atomic mass is 10.0. The number of hydrogen-bond acceptors (Lipinski definition) is 10. The van der Waals surface area contributed by atoms with Gasteiger partial charge in [-0.25, -0.2) is 9.59 Å². The van der Waals surface area contributed by atoms with E-state index in [4.69, 9.17) is 13.9 Å². The second-order valence-corrected chi connectivity index (χ2v) is 8.88. The molecule has 3 heterocycles. The number of carbonyl (C=O) groups excluding carboxylic acids is 2. The molecule has 0 spiro atoms. The van der Waals surface area contributed by atoms with Crippen LogP contribution in [0, 0.1) is 0 Å². The summed E-state index contributed by atoms with van der Waals surface area (Å²) in [5.41, 5.74) is 1.54. The molecule has 0 radical (unpaired) electrons. The van der Waals surface area contributed by atoms with E-state index in [1.165, 1.54) is 29.4 Å². The highest BCUT2D eigenvalue weighted by molar-refractivity contribution is 8.01. The lowest BCUT2D eigenvalue weighted by Crippen LogP contribution is -2.46. The minimum Gasteiger partial charge on any atom is -0.497 e. The van der Waals surface area contributed by atoms with Gasteiger partial charge in [0.2, 0.25) is 5.13 Å². The number of esters is 1. The third-order valence-corrected chi connectivity index (χ3v) is 6.54. The Hall–Kier alpha value is -3.51. The van der Waals surface area contributed by atoms with Crippen molar-refractivity contribution in [2.24, 2.45) is 0 Å². The van der Waals surface area contributed by atoms with Crippen LogP contribution in [0.4, 0.5) is 15.6 Å². The number of urea groups is 1. The summed E-state index contributed by atoms with van der Waals surface area (Å²) in [5.74, 6) is 0.924. The maximum Gasteiger partial charge on any atom is 0.338 e. The number of nitrogens with zero attached hydrogens (tertiary/aromatic N) is 2. The summed E-state index contributed by atoms with van der Waals surface area (Å²) in [6.45, 7) is 1.93. The van der Waals surface area contributed by atoms with Gasteiger partial charge in [-0.15, -0.1) is 10.2 Å². The van der Waals surface area contributed by atoms with Crippen LogP contribution in [0.15, 0.2) is 62.7 Å². The van der Waals surface area contributed by atoms with E-state index in [0.29, 0.717) is 20.9 Å². The van der Waals surface area contributed by atoms with E-state index in [2.05, 4.69) is 26.1 Å². The van der Waals surface area contributed by atoms with Crippen LogP contribution < -0.4 is 20.7 Å². The zero-order valence-electron chi connectivity index (χ0n) is 17.8. The van der Waals surface area contributed by atoms with Gasteiger partial charge in [0.25, 0.3) is 0 Å². The standard InChI is InChI=1S/C21H21N5O5S2/c1-3-30-18(27)16-14(23-19(28)24-17(16)15-8-5-9-31-15)11-32-21-26-25-20(33-21)22-12-6-4-7-13(10-12)29-2/h4-10,17H,3,11H2,1-2H3,(H,22,25)(H2,23,24,28). The van der Waals surface area contributed by atoms with Gasteiger partial charge < -0.3 is 29.8 Å². The molecule has 0 saturated heterocycles. The Morgan fingerprint density at radius 1 is 1.30 bits per heavy atom. The Kier molecular flexibility index (Phi) is 7.15. The van der Waals surface area contributed by atoms with E-state index in [-0.39, 0.29) is 17.9 Å². The fourth-order valence-corrected chi connectivity index (χ4v) is 4.87. The molecule has 3 N–H and O–H groups in total. The Morgan fingerprint density at radius 2 is 2.18 bits per heavy atom. The van der Waals surface area contributed by atoms with Crippen molar-refractivity contribution >= 4 is 45.9 Å². The fraction of sp³-hybridized carbons (Fsp3) is 0.238. The Labute approximate surface area is 197 Å². The zero-order chi connectivity index (χ0) is 23.2. The highest BCUT2D eigenvalue weighted by Gasteiger charge is 2.35. The average molecular weight is 488 g/mol. The molecule has 2 amide bonds. The van der Waals surface area contributed by atoms with Gasteiger partial charge in [-0.3, -0.25) is 0 Å². The van der Waals surface area contributed by atoms with Crippen molar-refractivity contribution in [1.29, 1.82) is 0 Å². The number of rotatable bonds is 9. The molecule has 1 aliphatic rings. The van der Waals surface area contributed by atoms with Gasteiger partial charge in [0.15, 0.2) is 4.34 Å². The summed E-state index contributed by atoms with van der Waals surface area (Å²) >= 11 is 2.70. The molecule has 2 aromatic heterocycles. The number of aromatic nitrogens is 2. The summed E-state index contributed by atoms with van der Waals surface area (Å²) in [6, 6.07) is 9.68. The largest absolute Gasteiger partial charge is 0.497 e. The van der Waals surface area contributed by atoms with Gasteiger partial charge >= 0.3 is 12.0 Å². The minimum atomic E-state index is -0.747. The molecule has 3 aromatic rings. The molecule has 172 valence electrons. The van der Waals surface area contributed by atoms with E-state index in [1.54, 1.807) is 26.2 Å². The van der Waals surface area contributed by atoms with Gasteiger partial charge in [-0.2, -0.15) is 0 Å². The summed E-state index contributed by atoms with van der Waals surface area (Å²) in [5, 5.41) is 17.6. The molecule has 0 aliphatic carbocycles. The number of carbonyl (C=O) groups is 2. The number of furan rings is 1. The molecule has 1 aromatic carbocycles. The molecule has 1 aliphatic heterocycles. The monoisotopic (exact) mass is 487 g/mol. The van der Waals surface area contributed by atoms with E-state index >= 15 is 0 Å². The van der Waals surface area contributed by atoms with Crippen molar-refractivity contribution in [3.8, 4) is 5.75 Å². The molecular weight excluding hydrogens is 466 g/mol. The molecule has 0 fully saturated rings. The second kappa shape index (κ2) is 10.4. The smallest absolute Gasteiger partial charge is 0.338 e. The summed E-state index contributed by atoms with van der Waals surface area (Å²) in [7, 11) is 1.61. The quantitative estimate of drug-likeness (QED) is 0.305. The number of nitrogens with one attached hydrogen (secondary N) is 3. The first-order chi connectivity index (χ1) is 16.1. The summed E-state index contributed by atoms with van der Waals surface area (Å²) < 4.78 is 16.6. The minimum absolute atomic E-state index is 0.206. The molecule has 10 nitrogen and oxygen atoms in total. The number of thioether (sulfide) groups is 1. The normalized spacial score (nSPS) is 15.6. The first-order valence-corrected chi connectivity index (χ1v) is 11.8. The molecule has 12 heteroatoms. The topological polar surface area (TPSA) is 128 Å². The van der Waals surface area contributed by atoms with Crippen molar-refractivity contribution < 1.29 is 23.5 Å². The van der Waals surface area contributed by atoms with Crippen molar-refractivity contribution in [2.75, 3.05) is 24.8 Å². The highest BCUT2D eigenvalue weighted by Crippen LogP contribution is 2.33. The lowest BCUT2D eigenvalue weighted by molar-refractivity contribution is -0.139. The Bertz CT molecular complexity index is 1160. The molecule has 1 atom stereocenters. The first kappa shape index (κ1) is 22.7. The number of ether oxygens (including phenoxy) is 2. The van der Waals surface area contributed by atoms with E-state index in [9.17, 15) is 9.59 Å². The predicted molar refractivity (Wildman–Crippen MR) is 124 cm³/mol. The van der Waals surface area contributed by atoms with Crippen LogP contribution in [0.1, 0.15) is 18.7 Å². The van der Waals surface area contributed by atoms with Crippen LogP contribution in [0.5, 0.6) is 5.75 Å². The number of anilines is 2. The van der Waals surface area contributed by atoms with Crippen molar-refractivity contribution in [3.05, 3.63) is 59.7 Å². The second-order valence-electron chi connectivity index (χ2n) is 6.68. The van der Waals surface area contributed by atoms with Crippen LogP contribution >= 0.6 is 23.1 Å². The van der Waals surface area contributed by atoms with Gasteiger partial charge in [0.05, 0.1) is 25.6 Å². The number of benzene rings is 1. The average Bonchev–Trinajstić information content (AvgIpc) is 3.50. The molecule has 1 unspecified atom stereocenters. The maximum absolute atomic E-state index is 12.7. The SMILES string of the molecule is CCOC(=O)C1=C(CSc2nnc(Nc3cccc(OC)c3)s2)NC(=O)NC1c1ccco1.